The zero-order valence-corrected chi connectivity index (χ0v) is 13.3. The molecule has 0 spiro atoms. The van der Waals surface area contributed by atoms with E-state index in [0.717, 1.165) is 19.4 Å². The summed E-state index contributed by atoms with van der Waals surface area (Å²) in [5.41, 5.74) is 0. The van der Waals surface area contributed by atoms with Crippen LogP contribution >= 0.6 is 10.7 Å². The van der Waals surface area contributed by atoms with E-state index < -0.39 is 9.05 Å². The van der Waals surface area contributed by atoms with Gasteiger partial charge in [-0.3, -0.25) is 9.59 Å². The summed E-state index contributed by atoms with van der Waals surface area (Å²) in [5, 5.41) is 0. The molecular weight excluding hydrogens is 316 g/mol. The minimum Gasteiger partial charge on any atom is -0.342 e. The van der Waals surface area contributed by atoms with Crippen molar-refractivity contribution >= 4 is 31.5 Å². The van der Waals surface area contributed by atoms with Crippen molar-refractivity contribution in [1.82, 2.24) is 9.80 Å². The average Bonchev–Trinajstić information content (AvgIpc) is 3.04. The molecule has 3 rings (SSSR count). The van der Waals surface area contributed by atoms with Gasteiger partial charge in [0.15, 0.2) is 0 Å². The normalized spacial score (nSPS) is 30.5. The third-order valence-electron chi connectivity index (χ3n) is 4.43. The second-order valence-electron chi connectivity index (χ2n) is 6.42. The van der Waals surface area contributed by atoms with Crippen LogP contribution in [0.25, 0.3) is 0 Å². The molecule has 21 heavy (non-hydrogen) atoms. The number of hydrogen-bond donors (Lipinski definition) is 0. The number of likely N-dealkylation sites (tertiary alicyclic amines) is 2. The lowest BCUT2D eigenvalue weighted by atomic mass is 10.1. The smallest absolute Gasteiger partial charge is 0.232 e. The van der Waals surface area contributed by atoms with E-state index in [9.17, 15) is 18.0 Å². The molecule has 0 aromatic rings. The van der Waals surface area contributed by atoms with Crippen molar-refractivity contribution in [2.75, 3.05) is 25.4 Å². The molecule has 2 aliphatic heterocycles. The van der Waals surface area contributed by atoms with E-state index in [1.165, 1.54) is 0 Å². The fourth-order valence-corrected chi connectivity index (χ4v) is 4.73. The number of carbonyl (C=O) groups is 2. The Morgan fingerprint density at radius 3 is 2.33 bits per heavy atom. The number of carbonyl (C=O) groups excluding carboxylic acids is 2. The van der Waals surface area contributed by atoms with E-state index in [4.69, 9.17) is 10.7 Å². The van der Waals surface area contributed by atoms with E-state index >= 15 is 0 Å². The Morgan fingerprint density at radius 2 is 1.71 bits per heavy atom. The van der Waals surface area contributed by atoms with Gasteiger partial charge < -0.3 is 9.80 Å². The van der Waals surface area contributed by atoms with Gasteiger partial charge in [0.1, 0.15) is 0 Å². The lowest BCUT2D eigenvalue weighted by Crippen LogP contribution is -2.33. The van der Waals surface area contributed by atoms with Crippen LogP contribution in [0.3, 0.4) is 0 Å². The standard InChI is InChI=1S/C13H19ClN2O4S/c14-21(19,20)8-10-4-12(17)15(6-10)5-9-3-13(18)16(7-9)11-1-2-11/h9-11H,1-8H2. The van der Waals surface area contributed by atoms with Gasteiger partial charge in [0.25, 0.3) is 0 Å². The average molecular weight is 335 g/mol. The summed E-state index contributed by atoms with van der Waals surface area (Å²) in [7, 11) is 1.68. The molecule has 0 N–H and O–H groups in total. The van der Waals surface area contributed by atoms with Crippen LogP contribution in [0.4, 0.5) is 0 Å². The molecule has 2 amide bonds. The van der Waals surface area contributed by atoms with Crippen molar-refractivity contribution in [3.8, 4) is 0 Å². The highest BCUT2D eigenvalue weighted by atomic mass is 35.7. The molecule has 0 radical (unpaired) electrons. The zero-order chi connectivity index (χ0) is 15.2. The summed E-state index contributed by atoms with van der Waals surface area (Å²) in [4.78, 5) is 27.5. The molecule has 8 heteroatoms. The van der Waals surface area contributed by atoms with Crippen LogP contribution in [-0.4, -0.2) is 61.5 Å². The molecule has 3 aliphatic rings. The molecule has 3 fully saturated rings. The fraction of sp³-hybridized carbons (Fsp3) is 0.846. The molecule has 2 heterocycles. The van der Waals surface area contributed by atoms with Crippen molar-refractivity contribution in [3.05, 3.63) is 0 Å². The third kappa shape index (κ3) is 3.69. The second kappa shape index (κ2) is 5.43. The van der Waals surface area contributed by atoms with Gasteiger partial charge in [-0.25, -0.2) is 8.42 Å². The Kier molecular flexibility index (Phi) is 3.90. The van der Waals surface area contributed by atoms with E-state index in [-0.39, 0.29) is 35.8 Å². The number of rotatable bonds is 5. The molecule has 0 bridgehead atoms. The number of nitrogens with zero attached hydrogens (tertiary/aromatic N) is 2. The highest BCUT2D eigenvalue weighted by Crippen LogP contribution is 2.33. The van der Waals surface area contributed by atoms with Gasteiger partial charge in [-0.2, -0.15) is 0 Å². The van der Waals surface area contributed by atoms with Crippen molar-refractivity contribution in [3.63, 3.8) is 0 Å². The summed E-state index contributed by atoms with van der Waals surface area (Å²) in [6.07, 6.45) is 2.92. The first-order valence-electron chi connectivity index (χ1n) is 7.31. The maximum absolute atomic E-state index is 12.0. The summed E-state index contributed by atoms with van der Waals surface area (Å²) in [6.45, 7) is 1.71. The van der Waals surface area contributed by atoms with Crippen LogP contribution in [0.2, 0.25) is 0 Å². The minimum absolute atomic E-state index is 0.0300. The minimum atomic E-state index is -3.57. The summed E-state index contributed by atoms with van der Waals surface area (Å²) in [6, 6.07) is 0.422. The highest BCUT2D eigenvalue weighted by Gasteiger charge is 2.41. The monoisotopic (exact) mass is 334 g/mol. The Bertz CT molecular complexity index is 561. The summed E-state index contributed by atoms with van der Waals surface area (Å²) < 4.78 is 22.2. The van der Waals surface area contributed by atoms with Crippen molar-refractivity contribution < 1.29 is 18.0 Å². The van der Waals surface area contributed by atoms with Crippen LogP contribution in [0, 0.1) is 11.8 Å². The van der Waals surface area contributed by atoms with Gasteiger partial charge in [0.2, 0.25) is 20.9 Å². The fourth-order valence-electron chi connectivity index (χ4n) is 3.41. The molecule has 118 valence electrons. The van der Waals surface area contributed by atoms with Crippen molar-refractivity contribution in [1.29, 1.82) is 0 Å². The molecule has 1 aliphatic carbocycles. The van der Waals surface area contributed by atoms with Crippen LogP contribution in [0.1, 0.15) is 25.7 Å². The maximum Gasteiger partial charge on any atom is 0.232 e. The molecular formula is C13H19ClN2O4S. The Hall–Kier alpha value is -0.820. The zero-order valence-electron chi connectivity index (χ0n) is 11.7. The first-order valence-corrected chi connectivity index (χ1v) is 9.79. The van der Waals surface area contributed by atoms with Gasteiger partial charge in [-0.1, -0.05) is 0 Å². The van der Waals surface area contributed by atoms with Gasteiger partial charge in [0.05, 0.1) is 5.75 Å². The quantitative estimate of drug-likeness (QED) is 0.683. The predicted molar refractivity (Wildman–Crippen MR) is 77.2 cm³/mol. The SMILES string of the molecule is O=C1CC(CS(=O)(=O)Cl)CN1CC1CC(=O)N(C2CC2)C1. The van der Waals surface area contributed by atoms with Crippen molar-refractivity contribution in [2.45, 2.75) is 31.7 Å². The molecule has 0 aromatic heterocycles. The maximum atomic E-state index is 12.0. The molecule has 2 atom stereocenters. The number of amides is 2. The Labute approximate surface area is 128 Å². The number of halogens is 1. The Balaban J connectivity index is 1.54. The van der Waals surface area contributed by atoms with Gasteiger partial charge >= 0.3 is 0 Å². The first kappa shape index (κ1) is 15.1. The lowest BCUT2D eigenvalue weighted by molar-refractivity contribution is -0.129. The molecule has 2 saturated heterocycles. The third-order valence-corrected chi connectivity index (χ3v) is 5.68. The largest absolute Gasteiger partial charge is 0.342 e. The van der Waals surface area contributed by atoms with Gasteiger partial charge in [-0.15, -0.1) is 0 Å². The van der Waals surface area contributed by atoms with E-state index in [1.807, 2.05) is 4.90 Å². The van der Waals surface area contributed by atoms with E-state index in [2.05, 4.69) is 0 Å². The van der Waals surface area contributed by atoms with Crippen LogP contribution in [0.5, 0.6) is 0 Å². The topological polar surface area (TPSA) is 74.8 Å². The van der Waals surface area contributed by atoms with Crippen molar-refractivity contribution in [2.24, 2.45) is 11.8 Å². The Morgan fingerprint density at radius 1 is 1.05 bits per heavy atom. The second-order valence-corrected chi connectivity index (χ2v) is 9.24. The highest BCUT2D eigenvalue weighted by molar-refractivity contribution is 8.13. The van der Waals surface area contributed by atoms with Crippen LogP contribution in [0.15, 0.2) is 0 Å². The lowest BCUT2D eigenvalue weighted by Gasteiger charge is -2.21. The predicted octanol–water partition coefficient (Wildman–Crippen LogP) is 0.414. The van der Waals surface area contributed by atoms with Crippen LogP contribution in [-0.2, 0) is 18.6 Å². The summed E-state index contributed by atoms with van der Waals surface area (Å²) >= 11 is 0. The van der Waals surface area contributed by atoms with Gasteiger partial charge in [0, 0.05) is 61.0 Å². The molecule has 0 aromatic carbocycles. The summed E-state index contributed by atoms with van der Waals surface area (Å²) in [5.74, 6) is -0.0501. The molecule has 1 saturated carbocycles. The molecule has 2 unspecified atom stereocenters. The van der Waals surface area contributed by atoms with E-state index in [1.54, 1.807) is 4.90 Å². The van der Waals surface area contributed by atoms with E-state index in [0.29, 0.717) is 25.6 Å². The van der Waals surface area contributed by atoms with Gasteiger partial charge in [-0.05, 0) is 12.8 Å². The number of hydrogen-bond acceptors (Lipinski definition) is 4. The molecule has 6 nitrogen and oxygen atoms in total. The van der Waals surface area contributed by atoms with Crippen LogP contribution < -0.4 is 0 Å². The first-order chi connectivity index (χ1) is 9.82.